The topological polar surface area (TPSA) is 38.9 Å². The van der Waals surface area contributed by atoms with Gasteiger partial charge in [0.25, 0.3) is 0 Å². The van der Waals surface area contributed by atoms with Gasteiger partial charge in [0.15, 0.2) is 5.58 Å². The quantitative estimate of drug-likeness (QED) is 0.600. The molecule has 0 aliphatic carbocycles. The highest BCUT2D eigenvalue weighted by atomic mass is 16.5. The third kappa shape index (κ3) is 1.29. The predicted molar refractivity (Wildman–Crippen MR) is 57.2 cm³/mol. The van der Waals surface area contributed by atoms with E-state index in [0.29, 0.717) is 0 Å². The molecule has 0 fully saturated rings. The molecular formula is C12H8N2O. The molecule has 3 nitrogen and oxygen atoms in total. The lowest BCUT2D eigenvalue weighted by molar-refractivity contribution is 0.459. The van der Waals surface area contributed by atoms with Crippen molar-refractivity contribution < 1.29 is 4.52 Å². The Balaban J connectivity index is 2.28. The van der Waals surface area contributed by atoms with Crippen molar-refractivity contribution in [1.29, 1.82) is 0 Å². The van der Waals surface area contributed by atoms with Gasteiger partial charge in [-0.15, -0.1) is 0 Å². The summed E-state index contributed by atoms with van der Waals surface area (Å²) >= 11 is 0. The number of benzene rings is 1. The lowest BCUT2D eigenvalue weighted by Crippen LogP contribution is -1.77. The summed E-state index contributed by atoms with van der Waals surface area (Å²) in [6.45, 7) is 0. The second-order valence-corrected chi connectivity index (χ2v) is 3.27. The molecule has 0 aliphatic heterocycles. The monoisotopic (exact) mass is 196 g/mol. The maximum absolute atomic E-state index is 5.21. The fourth-order valence-electron chi connectivity index (χ4n) is 1.59. The molecule has 72 valence electrons. The normalized spacial score (nSPS) is 10.7. The van der Waals surface area contributed by atoms with Crippen molar-refractivity contribution in [3.05, 3.63) is 48.8 Å². The Hall–Kier alpha value is -2.16. The zero-order valence-electron chi connectivity index (χ0n) is 7.92. The van der Waals surface area contributed by atoms with Crippen molar-refractivity contribution >= 4 is 11.0 Å². The summed E-state index contributed by atoms with van der Waals surface area (Å²) in [5.74, 6) is 0. The van der Waals surface area contributed by atoms with E-state index in [1.165, 1.54) is 0 Å². The highest BCUT2D eigenvalue weighted by molar-refractivity contribution is 5.90. The molecule has 0 saturated heterocycles. The first-order valence-electron chi connectivity index (χ1n) is 4.70. The summed E-state index contributed by atoms with van der Waals surface area (Å²) in [5.41, 5.74) is 2.66. The molecular weight excluding hydrogens is 188 g/mol. The van der Waals surface area contributed by atoms with Crippen LogP contribution in [0.3, 0.4) is 0 Å². The van der Waals surface area contributed by atoms with Crippen LogP contribution in [-0.2, 0) is 0 Å². The van der Waals surface area contributed by atoms with E-state index in [-0.39, 0.29) is 0 Å². The van der Waals surface area contributed by atoms with Gasteiger partial charge in [-0.3, -0.25) is 4.98 Å². The van der Waals surface area contributed by atoms with Crippen molar-refractivity contribution in [2.45, 2.75) is 0 Å². The number of nitrogens with zero attached hydrogens (tertiary/aromatic N) is 2. The Morgan fingerprint density at radius 3 is 2.73 bits per heavy atom. The minimum atomic E-state index is 0.767. The number of rotatable bonds is 1. The fourth-order valence-corrected chi connectivity index (χ4v) is 1.59. The molecule has 0 unspecified atom stereocenters. The van der Waals surface area contributed by atoms with E-state index in [0.717, 1.165) is 22.2 Å². The minimum Gasteiger partial charge on any atom is -0.356 e. The largest absolute Gasteiger partial charge is 0.356 e. The SMILES string of the molecule is c1ccc(-c2noc3ccncc23)cc1. The maximum Gasteiger partial charge on any atom is 0.170 e. The number of hydrogen-bond acceptors (Lipinski definition) is 3. The van der Waals surface area contributed by atoms with Gasteiger partial charge in [0.05, 0.1) is 5.39 Å². The first kappa shape index (κ1) is 8.17. The van der Waals surface area contributed by atoms with Gasteiger partial charge in [-0.2, -0.15) is 0 Å². The Kier molecular flexibility index (Phi) is 1.75. The van der Waals surface area contributed by atoms with Gasteiger partial charge < -0.3 is 4.52 Å². The van der Waals surface area contributed by atoms with E-state index < -0.39 is 0 Å². The van der Waals surface area contributed by atoms with Crippen molar-refractivity contribution in [1.82, 2.24) is 10.1 Å². The highest BCUT2D eigenvalue weighted by Crippen LogP contribution is 2.26. The highest BCUT2D eigenvalue weighted by Gasteiger charge is 2.08. The molecule has 0 aliphatic rings. The standard InChI is InChI=1S/C12H8N2O/c1-2-4-9(5-3-1)12-10-8-13-7-6-11(10)15-14-12/h1-8H. The van der Waals surface area contributed by atoms with Crippen molar-refractivity contribution in [3.63, 3.8) is 0 Å². The van der Waals surface area contributed by atoms with Gasteiger partial charge >= 0.3 is 0 Å². The Morgan fingerprint density at radius 2 is 1.87 bits per heavy atom. The average Bonchev–Trinajstić information content (AvgIpc) is 2.74. The van der Waals surface area contributed by atoms with Crippen molar-refractivity contribution in [3.8, 4) is 11.3 Å². The molecule has 0 atom stereocenters. The van der Waals surface area contributed by atoms with E-state index in [1.807, 2.05) is 36.4 Å². The molecule has 0 radical (unpaired) electrons. The smallest absolute Gasteiger partial charge is 0.170 e. The molecule has 15 heavy (non-hydrogen) atoms. The van der Waals surface area contributed by atoms with Crippen LogP contribution in [0.1, 0.15) is 0 Å². The number of fused-ring (bicyclic) bond motifs is 1. The third-order valence-corrected chi connectivity index (χ3v) is 2.32. The molecule has 0 amide bonds. The zero-order chi connectivity index (χ0) is 10.1. The molecule has 0 saturated carbocycles. The van der Waals surface area contributed by atoms with Crippen LogP contribution in [-0.4, -0.2) is 10.1 Å². The van der Waals surface area contributed by atoms with Gasteiger partial charge in [-0.1, -0.05) is 35.5 Å². The van der Waals surface area contributed by atoms with Crippen LogP contribution in [0.4, 0.5) is 0 Å². The Bertz CT molecular complexity index is 587. The number of aromatic nitrogens is 2. The second-order valence-electron chi connectivity index (χ2n) is 3.27. The number of pyridine rings is 1. The van der Waals surface area contributed by atoms with Crippen LogP contribution in [0.25, 0.3) is 22.2 Å². The summed E-state index contributed by atoms with van der Waals surface area (Å²) in [4.78, 5) is 4.07. The van der Waals surface area contributed by atoms with E-state index in [1.54, 1.807) is 12.4 Å². The second kappa shape index (κ2) is 3.20. The Morgan fingerprint density at radius 1 is 1.00 bits per heavy atom. The molecule has 2 aromatic heterocycles. The lowest BCUT2D eigenvalue weighted by atomic mass is 10.1. The molecule has 3 aromatic rings. The fraction of sp³-hybridized carbons (Fsp3) is 0. The first-order valence-corrected chi connectivity index (χ1v) is 4.70. The molecule has 1 aromatic carbocycles. The van der Waals surface area contributed by atoms with Crippen LogP contribution < -0.4 is 0 Å². The summed E-state index contributed by atoms with van der Waals surface area (Å²) in [6, 6.07) is 11.8. The third-order valence-electron chi connectivity index (χ3n) is 2.32. The predicted octanol–water partition coefficient (Wildman–Crippen LogP) is 2.89. The van der Waals surface area contributed by atoms with Gasteiger partial charge in [0, 0.05) is 24.0 Å². The maximum atomic E-state index is 5.21. The van der Waals surface area contributed by atoms with E-state index >= 15 is 0 Å². The van der Waals surface area contributed by atoms with Crippen LogP contribution in [0.2, 0.25) is 0 Å². The van der Waals surface area contributed by atoms with Crippen LogP contribution in [0, 0.1) is 0 Å². The van der Waals surface area contributed by atoms with E-state index in [2.05, 4.69) is 10.1 Å². The van der Waals surface area contributed by atoms with Crippen LogP contribution in [0.15, 0.2) is 53.3 Å². The molecule has 0 spiro atoms. The lowest BCUT2D eigenvalue weighted by Gasteiger charge is -1.94. The zero-order valence-corrected chi connectivity index (χ0v) is 7.92. The van der Waals surface area contributed by atoms with Gasteiger partial charge in [0.2, 0.25) is 0 Å². The molecule has 2 heterocycles. The average molecular weight is 196 g/mol. The van der Waals surface area contributed by atoms with Crippen molar-refractivity contribution in [2.75, 3.05) is 0 Å². The van der Waals surface area contributed by atoms with Crippen molar-refractivity contribution in [2.24, 2.45) is 0 Å². The molecule has 0 bridgehead atoms. The summed E-state index contributed by atoms with van der Waals surface area (Å²) in [5, 5.41) is 5.00. The van der Waals surface area contributed by atoms with Crippen LogP contribution >= 0.6 is 0 Å². The molecule has 0 N–H and O–H groups in total. The molecule has 3 rings (SSSR count). The van der Waals surface area contributed by atoms with Crippen LogP contribution in [0.5, 0.6) is 0 Å². The number of hydrogen-bond donors (Lipinski definition) is 0. The van der Waals surface area contributed by atoms with E-state index in [9.17, 15) is 0 Å². The Labute approximate surface area is 86.4 Å². The first-order chi connectivity index (χ1) is 7.45. The van der Waals surface area contributed by atoms with Gasteiger partial charge in [-0.05, 0) is 0 Å². The summed E-state index contributed by atoms with van der Waals surface area (Å²) in [7, 11) is 0. The minimum absolute atomic E-state index is 0.767. The summed E-state index contributed by atoms with van der Waals surface area (Å²) in [6.07, 6.45) is 3.47. The van der Waals surface area contributed by atoms with E-state index in [4.69, 9.17) is 4.52 Å². The van der Waals surface area contributed by atoms with Gasteiger partial charge in [-0.25, -0.2) is 0 Å². The molecule has 3 heteroatoms. The van der Waals surface area contributed by atoms with Gasteiger partial charge in [0.1, 0.15) is 5.69 Å². The summed E-state index contributed by atoms with van der Waals surface area (Å²) < 4.78 is 5.21.